The number of carbonyl (C=O) groups excluding carboxylic acids is 1. The Morgan fingerprint density at radius 1 is 1.05 bits per heavy atom. The van der Waals surface area contributed by atoms with Gasteiger partial charge in [-0.2, -0.15) is 5.26 Å². The molecule has 2 aromatic carbocycles. The van der Waals surface area contributed by atoms with Crippen LogP contribution >= 0.6 is 0 Å². The van der Waals surface area contributed by atoms with Gasteiger partial charge in [0.25, 0.3) is 0 Å². The highest BCUT2D eigenvalue weighted by molar-refractivity contribution is 5.86. The van der Waals surface area contributed by atoms with E-state index in [1.54, 1.807) is 6.07 Å². The Labute approximate surface area is 133 Å². The van der Waals surface area contributed by atoms with Gasteiger partial charge in [-0.3, -0.25) is 4.79 Å². The van der Waals surface area contributed by atoms with Gasteiger partial charge in [0.1, 0.15) is 0 Å². The first kappa shape index (κ1) is 19.7. The minimum Gasteiger partial charge on any atom is -0.469 e. The molecular weight excluding hydrogens is 274 g/mol. The molecule has 0 spiro atoms. The number of nitriles is 1. The highest BCUT2D eigenvalue weighted by Crippen LogP contribution is 2.23. The third-order valence-electron chi connectivity index (χ3n) is 3.05. The second kappa shape index (κ2) is 10.4. The minimum absolute atomic E-state index is 0.247. The molecule has 3 heteroatoms. The molecule has 2 rings (SSSR count). The Balaban J connectivity index is 0.00000102. The van der Waals surface area contributed by atoms with Gasteiger partial charge in [0, 0.05) is 0 Å². The second-order valence-corrected chi connectivity index (χ2v) is 4.18. The number of rotatable bonds is 2. The first-order chi connectivity index (χ1) is 10.7. The number of hydrogen-bond acceptors (Lipinski definition) is 3. The zero-order valence-corrected chi connectivity index (χ0v) is 14.3. The van der Waals surface area contributed by atoms with Crippen LogP contribution in [0.3, 0.4) is 0 Å². The molecule has 0 N–H and O–H groups in total. The Bertz CT molecular complexity index is 641. The highest BCUT2D eigenvalue weighted by atomic mass is 16.5. The van der Waals surface area contributed by atoms with Crippen molar-refractivity contribution < 1.29 is 9.53 Å². The summed E-state index contributed by atoms with van der Waals surface area (Å²) in [6.07, 6.45) is 0. The Kier molecular flexibility index (Phi) is 9.29. The molecule has 22 heavy (non-hydrogen) atoms. The standard InChI is InChI=1S/C15H13NO2.2C2H6/c1-10(15(17)18-2)12-5-6-13-7-11(9-16)3-4-14(13)8-12;2*1-2/h3-8,10H,1-2H3;2*1-2H3. The first-order valence-corrected chi connectivity index (χ1v) is 7.67. The molecular formula is C19H25NO2. The molecule has 0 fully saturated rings. The van der Waals surface area contributed by atoms with Gasteiger partial charge in [-0.05, 0) is 35.4 Å². The number of hydrogen-bond donors (Lipinski definition) is 0. The van der Waals surface area contributed by atoms with Gasteiger partial charge < -0.3 is 4.74 Å². The van der Waals surface area contributed by atoms with Crippen LogP contribution in [0, 0.1) is 11.3 Å². The molecule has 3 nitrogen and oxygen atoms in total. The quantitative estimate of drug-likeness (QED) is 0.730. The third kappa shape index (κ3) is 4.89. The van der Waals surface area contributed by atoms with Crippen molar-refractivity contribution in [2.75, 3.05) is 7.11 Å². The van der Waals surface area contributed by atoms with Crippen molar-refractivity contribution in [3.63, 3.8) is 0 Å². The number of ether oxygens (including phenoxy) is 1. The number of fused-ring (bicyclic) bond motifs is 1. The van der Waals surface area contributed by atoms with Crippen LogP contribution in [0.2, 0.25) is 0 Å². The summed E-state index contributed by atoms with van der Waals surface area (Å²) in [5.41, 5.74) is 1.55. The maximum absolute atomic E-state index is 11.5. The number of benzene rings is 2. The predicted octanol–water partition coefficient (Wildman–Crippen LogP) is 5.04. The molecule has 0 aliphatic carbocycles. The summed E-state index contributed by atoms with van der Waals surface area (Å²) in [6, 6.07) is 13.4. The lowest BCUT2D eigenvalue weighted by Crippen LogP contribution is -2.10. The van der Waals surface area contributed by atoms with Gasteiger partial charge >= 0.3 is 5.97 Å². The lowest BCUT2D eigenvalue weighted by Gasteiger charge is -2.10. The van der Waals surface area contributed by atoms with E-state index in [1.165, 1.54) is 7.11 Å². The molecule has 0 aliphatic heterocycles. The van der Waals surface area contributed by atoms with Crippen molar-refractivity contribution in [3.8, 4) is 6.07 Å². The summed E-state index contributed by atoms with van der Waals surface area (Å²) < 4.78 is 4.73. The largest absolute Gasteiger partial charge is 0.469 e. The van der Waals surface area contributed by atoms with Crippen molar-refractivity contribution in [3.05, 3.63) is 47.5 Å². The van der Waals surface area contributed by atoms with Crippen LogP contribution in [0.5, 0.6) is 0 Å². The van der Waals surface area contributed by atoms with E-state index in [9.17, 15) is 4.79 Å². The van der Waals surface area contributed by atoms with Crippen LogP contribution in [0.15, 0.2) is 36.4 Å². The Hall–Kier alpha value is -2.34. The average molecular weight is 299 g/mol. The van der Waals surface area contributed by atoms with E-state index < -0.39 is 0 Å². The summed E-state index contributed by atoms with van der Waals surface area (Å²) in [7, 11) is 1.39. The second-order valence-electron chi connectivity index (χ2n) is 4.18. The zero-order chi connectivity index (χ0) is 17.1. The minimum atomic E-state index is -0.282. The lowest BCUT2D eigenvalue weighted by molar-refractivity contribution is -0.141. The molecule has 0 bridgehead atoms. The van der Waals surface area contributed by atoms with Crippen molar-refractivity contribution >= 4 is 16.7 Å². The monoisotopic (exact) mass is 299 g/mol. The molecule has 1 atom stereocenters. The smallest absolute Gasteiger partial charge is 0.312 e. The first-order valence-electron chi connectivity index (χ1n) is 7.67. The fourth-order valence-electron chi connectivity index (χ4n) is 1.92. The third-order valence-corrected chi connectivity index (χ3v) is 3.05. The summed E-state index contributed by atoms with van der Waals surface area (Å²) in [5.74, 6) is -0.530. The number of carbonyl (C=O) groups is 1. The fourth-order valence-corrected chi connectivity index (χ4v) is 1.92. The Morgan fingerprint density at radius 3 is 2.14 bits per heavy atom. The maximum Gasteiger partial charge on any atom is 0.312 e. The van der Waals surface area contributed by atoms with Crippen molar-refractivity contribution in [1.29, 1.82) is 5.26 Å². The van der Waals surface area contributed by atoms with Gasteiger partial charge in [-0.25, -0.2) is 0 Å². The van der Waals surface area contributed by atoms with Gasteiger partial charge in [0.15, 0.2) is 0 Å². The van der Waals surface area contributed by atoms with Crippen LogP contribution in [-0.4, -0.2) is 13.1 Å². The zero-order valence-electron chi connectivity index (χ0n) is 14.3. The van der Waals surface area contributed by atoms with Gasteiger partial charge in [-0.1, -0.05) is 52.0 Å². The van der Waals surface area contributed by atoms with Crippen LogP contribution in [0.1, 0.15) is 51.7 Å². The maximum atomic E-state index is 11.5. The Morgan fingerprint density at radius 2 is 1.59 bits per heavy atom. The lowest BCUT2D eigenvalue weighted by atomic mass is 9.97. The molecule has 0 aliphatic rings. The predicted molar refractivity (Wildman–Crippen MR) is 91.8 cm³/mol. The summed E-state index contributed by atoms with van der Waals surface area (Å²) >= 11 is 0. The van der Waals surface area contributed by atoms with E-state index in [2.05, 4.69) is 6.07 Å². The molecule has 1 unspecified atom stereocenters. The van der Waals surface area contributed by atoms with Crippen molar-refractivity contribution in [2.24, 2.45) is 0 Å². The van der Waals surface area contributed by atoms with E-state index in [4.69, 9.17) is 10.00 Å². The molecule has 2 aromatic rings. The van der Waals surface area contributed by atoms with Crippen LogP contribution in [-0.2, 0) is 9.53 Å². The molecule has 0 saturated carbocycles. The highest BCUT2D eigenvalue weighted by Gasteiger charge is 2.15. The molecule has 0 amide bonds. The normalized spacial score (nSPS) is 10.2. The number of esters is 1. The van der Waals surface area contributed by atoms with Gasteiger partial charge in [0.2, 0.25) is 0 Å². The van der Waals surface area contributed by atoms with Crippen LogP contribution in [0.25, 0.3) is 10.8 Å². The molecule has 0 saturated heterocycles. The molecule has 0 radical (unpaired) electrons. The SMILES string of the molecule is CC.CC.COC(=O)C(C)c1ccc2cc(C#N)ccc2c1. The number of methoxy groups -OCH3 is 1. The molecule has 0 aromatic heterocycles. The van der Waals surface area contributed by atoms with E-state index >= 15 is 0 Å². The van der Waals surface area contributed by atoms with E-state index in [1.807, 2.05) is 65.0 Å². The van der Waals surface area contributed by atoms with Crippen LogP contribution in [0.4, 0.5) is 0 Å². The summed E-state index contributed by atoms with van der Waals surface area (Å²) in [6.45, 7) is 9.82. The van der Waals surface area contributed by atoms with Crippen molar-refractivity contribution in [2.45, 2.75) is 40.5 Å². The fraction of sp³-hybridized carbons (Fsp3) is 0.368. The topological polar surface area (TPSA) is 50.1 Å². The number of nitrogens with zero attached hydrogens (tertiary/aromatic N) is 1. The summed E-state index contributed by atoms with van der Waals surface area (Å²) in [4.78, 5) is 11.5. The van der Waals surface area contributed by atoms with Gasteiger partial charge in [-0.15, -0.1) is 0 Å². The van der Waals surface area contributed by atoms with Gasteiger partial charge in [0.05, 0.1) is 24.7 Å². The van der Waals surface area contributed by atoms with E-state index in [0.29, 0.717) is 5.56 Å². The average Bonchev–Trinajstić information content (AvgIpc) is 2.62. The summed E-state index contributed by atoms with van der Waals surface area (Å²) in [5, 5.41) is 10.8. The van der Waals surface area contributed by atoms with E-state index in [0.717, 1.165) is 16.3 Å². The molecule has 118 valence electrons. The van der Waals surface area contributed by atoms with Crippen LogP contribution < -0.4 is 0 Å². The van der Waals surface area contributed by atoms with Crippen molar-refractivity contribution in [1.82, 2.24) is 0 Å². The van der Waals surface area contributed by atoms with E-state index in [-0.39, 0.29) is 11.9 Å². The molecule has 0 heterocycles.